The summed E-state index contributed by atoms with van der Waals surface area (Å²) in [5.74, 6) is 0.913. The van der Waals surface area contributed by atoms with Gasteiger partial charge in [-0.1, -0.05) is 30.3 Å². The molecule has 2 fully saturated rings. The number of guanidine groups is 1. The molecule has 1 aromatic rings. The van der Waals surface area contributed by atoms with Gasteiger partial charge in [-0.2, -0.15) is 0 Å². The standard InChI is InChI=1S/C24H39N5O.HI/c1-3-13-28-14-9-22(10-15-28)27-24(25-4-2)26-18-20-5-7-21(8-6-20)19-29-16-11-23(30)12-17-29;/h3,5-8,22-23,30H,1,4,9-19H2,2H3,(H2,25,26,27);1H. The van der Waals surface area contributed by atoms with E-state index in [0.29, 0.717) is 12.6 Å². The van der Waals surface area contributed by atoms with Crippen molar-refractivity contribution in [1.82, 2.24) is 20.4 Å². The van der Waals surface area contributed by atoms with E-state index in [1.54, 1.807) is 0 Å². The van der Waals surface area contributed by atoms with Crippen molar-refractivity contribution in [1.29, 1.82) is 0 Å². The van der Waals surface area contributed by atoms with Crippen LogP contribution >= 0.6 is 24.0 Å². The first-order chi connectivity index (χ1) is 14.7. The Morgan fingerprint density at radius 2 is 1.68 bits per heavy atom. The molecule has 6 nitrogen and oxygen atoms in total. The zero-order chi connectivity index (χ0) is 21.2. The van der Waals surface area contributed by atoms with Crippen LogP contribution in [0.1, 0.15) is 43.7 Å². The molecule has 2 aliphatic heterocycles. The minimum Gasteiger partial charge on any atom is -0.393 e. The third-order valence-corrected chi connectivity index (χ3v) is 6.07. The van der Waals surface area contributed by atoms with Crippen molar-refractivity contribution >= 4 is 29.9 Å². The van der Waals surface area contributed by atoms with Crippen LogP contribution in [-0.2, 0) is 13.1 Å². The Hall–Kier alpha value is -1.16. The van der Waals surface area contributed by atoms with E-state index in [-0.39, 0.29) is 30.1 Å². The highest BCUT2D eigenvalue weighted by Crippen LogP contribution is 2.15. The van der Waals surface area contributed by atoms with Crippen LogP contribution in [0.2, 0.25) is 0 Å². The van der Waals surface area contributed by atoms with Crippen molar-refractivity contribution in [2.75, 3.05) is 39.3 Å². The topological polar surface area (TPSA) is 63.1 Å². The molecule has 0 radical (unpaired) electrons. The van der Waals surface area contributed by atoms with Crippen molar-refractivity contribution < 1.29 is 5.11 Å². The van der Waals surface area contributed by atoms with E-state index in [2.05, 4.69) is 58.2 Å². The summed E-state index contributed by atoms with van der Waals surface area (Å²) < 4.78 is 0. The van der Waals surface area contributed by atoms with Crippen LogP contribution in [0.25, 0.3) is 0 Å². The van der Waals surface area contributed by atoms with Crippen LogP contribution in [0.3, 0.4) is 0 Å². The highest BCUT2D eigenvalue weighted by molar-refractivity contribution is 14.0. The van der Waals surface area contributed by atoms with Crippen LogP contribution in [0.4, 0.5) is 0 Å². The fourth-order valence-corrected chi connectivity index (χ4v) is 4.21. The first-order valence-corrected chi connectivity index (χ1v) is 11.5. The number of halogens is 1. The summed E-state index contributed by atoms with van der Waals surface area (Å²) in [5, 5.41) is 16.7. The Labute approximate surface area is 205 Å². The molecule has 2 saturated heterocycles. The lowest BCUT2D eigenvalue weighted by Crippen LogP contribution is -2.48. The van der Waals surface area contributed by atoms with Gasteiger partial charge in [0.2, 0.25) is 0 Å². The molecule has 3 N–H and O–H groups in total. The molecule has 0 atom stereocenters. The number of hydrogen-bond donors (Lipinski definition) is 3. The van der Waals surface area contributed by atoms with Gasteiger partial charge in [0.15, 0.2) is 5.96 Å². The number of piperidine rings is 2. The summed E-state index contributed by atoms with van der Waals surface area (Å²) >= 11 is 0. The summed E-state index contributed by atoms with van der Waals surface area (Å²) in [7, 11) is 0. The summed E-state index contributed by atoms with van der Waals surface area (Å²) in [6.07, 6.45) is 5.93. The number of aliphatic hydroxyl groups is 1. The van der Waals surface area contributed by atoms with E-state index < -0.39 is 0 Å². The quantitative estimate of drug-likeness (QED) is 0.205. The monoisotopic (exact) mass is 541 g/mol. The van der Waals surface area contributed by atoms with Crippen molar-refractivity contribution in [3.8, 4) is 0 Å². The Bertz CT molecular complexity index is 665. The lowest BCUT2D eigenvalue weighted by atomic mass is 10.1. The second-order valence-corrected chi connectivity index (χ2v) is 8.53. The van der Waals surface area contributed by atoms with Crippen LogP contribution in [0, 0.1) is 0 Å². The number of aliphatic hydroxyl groups excluding tert-OH is 1. The minimum absolute atomic E-state index is 0. The van der Waals surface area contributed by atoms with E-state index in [1.165, 1.54) is 11.1 Å². The lowest BCUT2D eigenvalue weighted by Gasteiger charge is -2.32. The van der Waals surface area contributed by atoms with Gasteiger partial charge in [-0.15, -0.1) is 30.6 Å². The molecule has 0 saturated carbocycles. The molecule has 7 heteroatoms. The van der Waals surface area contributed by atoms with Crippen molar-refractivity contribution in [3.63, 3.8) is 0 Å². The van der Waals surface area contributed by atoms with Gasteiger partial charge in [0, 0.05) is 51.9 Å². The van der Waals surface area contributed by atoms with Crippen molar-refractivity contribution in [2.24, 2.45) is 4.99 Å². The number of likely N-dealkylation sites (tertiary alicyclic amines) is 2. The zero-order valence-electron chi connectivity index (χ0n) is 18.9. The first kappa shape index (κ1) is 26.1. The first-order valence-electron chi connectivity index (χ1n) is 11.5. The number of benzene rings is 1. The van der Waals surface area contributed by atoms with Gasteiger partial charge in [-0.05, 0) is 43.7 Å². The molecule has 2 aliphatic rings. The van der Waals surface area contributed by atoms with Gasteiger partial charge in [-0.3, -0.25) is 9.80 Å². The Balaban J connectivity index is 0.00000341. The number of nitrogens with zero attached hydrogens (tertiary/aromatic N) is 3. The Morgan fingerprint density at radius 3 is 2.29 bits per heavy atom. The number of nitrogens with one attached hydrogen (secondary N) is 2. The fourth-order valence-electron chi connectivity index (χ4n) is 4.21. The summed E-state index contributed by atoms with van der Waals surface area (Å²) in [4.78, 5) is 9.68. The molecule has 0 unspecified atom stereocenters. The molecular formula is C24H40IN5O. The van der Waals surface area contributed by atoms with Crippen LogP contribution in [0.5, 0.6) is 0 Å². The van der Waals surface area contributed by atoms with Gasteiger partial charge in [0.25, 0.3) is 0 Å². The average Bonchev–Trinajstić information content (AvgIpc) is 2.76. The molecule has 0 aliphatic carbocycles. The van der Waals surface area contributed by atoms with E-state index in [9.17, 15) is 5.11 Å². The van der Waals surface area contributed by atoms with Crippen molar-refractivity contribution in [2.45, 2.75) is 57.8 Å². The fraction of sp³-hybridized carbons (Fsp3) is 0.625. The zero-order valence-corrected chi connectivity index (χ0v) is 21.3. The largest absolute Gasteiger partial charge is 0.393 e. The van der Waals surface area contributed by atoms with Gasteiger partial charge in [0.1, 0.15) is 0 Å². The molecule has 31 heavy (non-hydrogen) atoms. The molecule has 0 spiro atoms. The van der Waals surface area contributed by atoms with Gasteiger partial charge >= 0.3 is 0 Å². The number of aliphatic imine (C=N–C) groups is 1. The number of rotatable bonds is 8. The average molecular weight is 542 g/mol. The third kappa shape index (κ3) is 9.08. The lowest BCUT2D eigenvalue weighted by molar-refractivity contribution is 0.0792. The second kappa shape index (κ2) is 14.1. The Kier molecular flexibility index (Phi) is 11.9. The van der Waals surface area contributed by atoms with Crippen LogP contribution in [0.15, 0.2) is 41.9 Å². The maximum absolute atomic E-state index is 9.65. The maximum Gasteiger partial charge on any atom is 0.191 e. The van der Waals surface area contributed by atoms with Crippen LogP contribution in [-0.4, -0.2) is 72.3 Å². The van der Waals surface area contributed by atoms with E-state index in [0.717, 1.165) is 77.5 Å². The molecule has 0 bridgehead atoms. The molecule has 3 rings (SSSR count). The third-order valence-electron chi connectivity index (χ3n) is 6.07. The predicted octanol–water partition coefficient (Wildman–Crippen LogP) is 2.97. The van der Waals surface area contributed by atoms with Crippen LogP contribution < -0.4 is 10.6 Å². The van der Waals surface area contributed by atoms with E-state index in [1.807, 2.05) is 6.08 Å². The smallest absolute Gasteiger partial charge is 0.191 e. The van der Waals surface area contributed by atoms with E-state index >= 15 is 0 Å². The molecule has 174 valence electrons. The second-order valence-electron chi connectivity index (χ2n) is 8.53. The molecular weight excluding hydrogens is 501 g/mol. The molecule has 2 heterocycles. The molecule has 0 amide bonds. The minimum atomic E-state index is -0.110. The SMILES string of the molecule is C=CCN1CCC(NC(=NCc2ccc(CN3CCC(O)CC3)cc2)NCC)CC1.I. The van der Waals surface area contributed by atoms with Gasteiger partial charge in [0.05, 0.1) is 12.6 Å². The van der Waals surface area contributed by atoms with Crippen molar-refractivity contribution in [3.05, 3.63) is 48.0 Å². The normalized spacial score (nSPS) is 19.6. The Morgan fingerprint density at radius 1 is 1.06 bits per heavy atom. The molecule has 1 aromatic carbocycles. The summed E-state index contributed by atoms with van der Waals surface area (Å²) in [6, 6.07) is 9.29. The van der Waals surface area contributed by atoms with E-state index in [4.69, 9.17) is 4.99 Å². The van der Waals surface area contributed by atoms with Gasteiger partial charge < -0.3 is 15.7 Å². The maximum atomic E-state index is 9.65. The van der Waals surface area contributed by atoms with Gasteiger partial charge in [-0.25, -0.2) is 4.99 Å². The predicted molar refractivity (Wildman–Crippen MR) is 140 cm³/mol. The highest BCUT2D eigenvalue weighted by atomic mass is 127. The molecule has 0 aromatic heterocycles. The number of hydrogen-bond acceptors (Lipinski definition) is 4. The highest BCUT2D eigenvalue weighted by Gasteiger charge is 2.19. The summed E-state index contributed by atoms with van der Waals surface area (Å²) in [5.41, 5.74) is 2.56. The summed E-state index contributed by atoms with van der Waals surface area (Å²) in [6.45, 7) is 13.6.